The van der Waals surface area contributed by atoms with Gasteiger partial charge in [-0.2, -0.15) is 0 Å². The van der Waals surface area contributed by atoms with E-state index in [1.54, 1.807) is 0 Å². The summed E-state index contributed by atoms with van der Waals surface area (Å²) in [4.78, 5) is 24.4. The zero-order valence-corrected chi connectivity index (χ0v) is 17.2. The third-order valence-corrected chi connectivity index (χ3v) is 9.95. The van der Waals surface area contributed by atoms with E-state index in [9.17, 15) is 9.59 Å². The third-order valence-electron chi connectivity index (χ3n) is 5.64. The van der Waals surface area contributed by atoms with Crippen molar-refractivity contribution in [3.05, 3.63) is 23.3 Å². The smallest absolute Gasteiger partial charge is 0.233 e. The summed E-state index contributed by atoms with van der Waals surface area (Å²) in [7, 11) is -3.02. The SMILES string of the molecule is C[Si](C)(C)c1cc2c(cc1[Si](C)(C)C)[C@@H]1O[C@H]2[C@H]2C(=O)NC(=O)[C@H]21. The first-order valence-electron chi connectivity index (χ1n) is 8.69. The molecule has 0 radical (unpaired) electrons. The Kier molecular flexibility index (Phi) is 3.16. The van der Waals surface area contributed by atoms with Gasteiger partial charge >= 0.3 is 0 Å². The van der Waals surface area contributed by atoms with Crippen molar-refractivity contribution in [3.8, 4) is 0 Å². The Morgan fingerprint density at radius 3 is 1.50 bits per heavy atom. The molecule has 3 aliphatic rings. The molecule has 4 atom stereocenters. The van der Waals surface area contributed by atoms with E-state index in [0.29, 0.717) is 0 Å². The molecule has 3 aliphatic heterocycles. The number of nitrogens with one attached hydrogen (secondary N) is 1. The maximum absolute atomic E-state index is 12.2. The molecule has 0 unspecified atom stereocenters. The van der Waals surface area contributed by atoms with Crippen molar-refractivity contribution in [1.82, 2.24) is 5.32 Å². The topological polar surface area (TPSA) is 55.4 Å². The molecule has 4 rings (SSSR count). The van der Waals surface area contributed by atoms with Gasteiger partial charge in [0.05, 0.1) is 40.2 Å². The van der Waals surface area contributed by atoms with Gasteiger partial charge in [0, 0.05) is 0 Å². The first-order chi connectivity index (χ1) is 11.0. The predicted octanol–water partition coefficient (Wildman–Crippen LogP) is 1.79. The predicted molar refractivity (Wildman–Crippen MR) is 99.1 cm³/mol. The Morgan fingerprint density at radius 2 is 1.17 bits per heavy atom. The second kappa shape index (κ2) is 4.68. The fourth-order valence-corrected chi connectivity index (χ4v) is 9.68. The number of hydrogen-bond acceptors (Lipinski definition) is 3. The zero-order valence-electron chi connectivity index (χ0n) is 15.2. The number of imide groups is 1. The number of benzene rings is 1. The highest BCUT2D eigenvalue weighted by atomic mass is 28.3. The highest BCUT2D eigenvalue weighted by Gasteiger charge is 2.62. The number of hydrogen-bond donors (Lipinski definition) is 1. The molecule has 1 aromatic carbocycles. The van der Waals surface area contributed by atoms with Crippen LogP contribution in [0.4, 0.5) is 0 Å². The molecular weight excluding hydrogens is 334 g/mol. The normalized spacial score (nSPS) is 31.2. The maximum atomic E-state index is 12.2. The van der Waals surface area contributed by atoms with Crippen LogP contribution in [0.15, 0.2) is 12.1 Å². The fraction of sp³-hybridized carbons (Fsp3) is 0.556. The van der Waals surface area contributed by atoms with Crippen molar-refractivity contribution >= 4 is 38.3 Å². The van der Waals surface area contributed by atoms with Crippen LogP contribution in [0.1, 0.15) is 23.3 Å². The van der Waals surface area contributed by atoms with Crippen LogP contribution in [0.5, 0.6) is 0 Å². The molecule has 1 N–H and O–H groups in total. The fourth-order valence-electron chi connectivity index (χ4n) is 4.49. The molecule has 0 spiro atoms. The van der Waals surface area contributed by atoms with Crippen molar-refractivity contribution in [1.29, 1.82) is 0 Å². The Hall–Kier alpha value is -1.25. The standard InChI is InChI=1S/C18H25NO3Si2/c1-23(2,3)11-7-9-10(8-12(11)24(4,5)6)16-14-13(15(9)22-16)17(20)19-18(14)21/h7-8,13-16H,1-6H3,(H,19,20,21)/t13-,14+,15+,16-. The molecule has 4 nitrogen and oxygen atoms in total. The van der Waals surface area contributed by atoms with E-state index in [4.69, 9.17) is 4.74 Å². The van der Waals surface area contributed by atoms with Crippen LogP contribution in [-0.2, 0) is 14.3 Å². The van der Waals surface area contributed by atoms with Crippen LogP contribution in [0.3, 0.4) is 0 Å². The third kappa shape index (κ3) is 2.06. The van der Waals surface area contributed by atoms with Crippen molar-refractivity contribution in [3.63, 3.8) is 0 Å². The zero-order chi connectivity index (χ0) is 17.6. The summed E-state index contributed by atoms with van der Waals surface area (Å²) in [5, 5.41) is 5.50. The molecule has 24 heavy (non-hydrogen) atoms. The Balaban J connectivity index is 1.92. The highest BCUT2D eigenvalue weighted by molar-refractivity contribution is 6.98. The lowest BCUT2D eigenvalue weighted by Gasteiger charge is -2.31. The molecule has 2 fully saturated rings. The van der Waals surface area contributed by atoms with Gasteiger partial charge in [-0.15, -0.1) is 0 Å². The van der Waals surface area contributed by atoms with Gasteiger partial charge in [0.2, 0.25) is 11.8 Å². The van der Waals surface area contributed by atoms with E-state index in [1.165, 1.54) is 10.4 Å². The minimum Gasteiger partial charge on any atom is -0.364 e. The van der Waals surface area contributed by atoms with Gasteiger partial charge in [-0.3, -0.25) is 14.9 Å². The van der Waals surface area contributed by atoms with E-state index in [-0.39, 0.29) is 35.9 Å². The summed E-state index contributed by atoms with van der Waals surface area (Å²) in [5.74, 6) is -0.983. The summed E-state index contributed by atoms with van der Waals surface area (Å²) < 4.78 is 6.14. The lowest BCUT2D eigenvalue weighted by molar-refractivity contribution is -0.129. The van der Waals surface area contributed by atoms with Crippen LogP contribution in [0.2, 0.25) is 39.3 Å². The van der Waals surface area contributed by atoms with Crippen LogP contribution in [-0.4, -0.2) is 28.0 Å². The van der Waals surface area contributed by atoms with Gasteiger partial charge in [0.15, 0.2) is 0 Å². The summed E-state index contributed by atoms with van der Waals surface area (Å²) in [6.07, 6.45) is -0.487. The van der Waals surface area contributed by atoms with E-state index >= 15 is 0 Å². The first kappa shape index (κ1) is 16.2. The van der Waals surface area contributed by atoms with Gasteiger partial charge in [-0.05, 0) is 11.1 Å². The maximum Gasteiger partial charge on any atom is 0.233 e. The Morgan fingerprint density at radius 1 is 0.792 bits per heavy atom. The van der Waals surface area contributed by atoms with Gasteiger partial charge in [0.1, 0.15) is 0 Å². The van der Waals surface area contributed by atoms with Crippen molar-refractivity contribution in [2.24, 2.45) is 11.8 Å². The average molecular weight is 360 g/mol. The molecule has 0 aliphatic carbocycles. The minimum absolute atomic E-state index is 0.160. The number of carbonyl (C=O) groups excluding carboxylic acids is 2. The van der Waals surface area contributed by atoms with Crippen LogP contribution < -0.4 is 15.7 Å². The lowest BCUT2D eigenvalue weighted by Crippen LogP contribution is -2.56. The van der Waals surface area contributed by atoms with Crippen molar-refractivity contribution in [2.45, 2.75) is 51.5 Å². The number of ether oxygens (including phenoxy) is 1. The van der Waals surface area contributed by atoms with Crippen LogP contribution >= 0.6 is 0 Å². The molecule has 2 saturated heterocycles. The molecule has 128 valence electrons. The molecule has 3 heterocycles. The largest absolute Gasteiger partial charge is 0.364 e. The molecule has 2 amide bonds. The van der Waals surface area contributed by atoms with E-state index in [2.05, 4.69) is 56.7 Å². The van der Waals surface area contributed by atoms with Gasteiger partial charge < -0.3 is 4.74 Å². The van der Waals surface area contributed by atoms with E-state index in [1.807, 2.05) is 0 Å². The van der Waals surface area contributed by atoms with Crippen LogP contribution in [0.25, 0.3) is 0 Å². The van der Waals surface area contributed by atoms with Crippen molar-refractivity contribution in [2.75, 3.05) is 0 Å². The van der Waals surface area contributed by atoms with Gasteiger partial charge in [-0.25, -0.2) is 0 Å². The second-order valence-corrected chi connectivity index (χ2v) is 19.5. The Bertz CT molecular complexity index is 713. The number of amides is 2. The summed E-state index contributed by atoms with van der Waals surface area (Å²) in [6.45, 7) is 14.3. The molecule has 2 bridgehead atoms. The number of carbonyl (C=O) groups is 2. The highest BCUT2D eigenvalue weighted by Crippen LogP contribution is 2.58. The summed E-state index contributed by atoms with van der Waals surface area (Å²) in [5.41, 5.74) is 2.32. The van der Waals surface area contributed by atoms with Gasteiger partial charge in [0.25, 0.3) is 0 Å². The molecule has 0 saturated carbocycles. The monoisotopic (exact) mass is 359 g/mol. The molecular formula is C18H25NO3Si2. The summed E-state index contributed by atoms with van der Waals surface area (Å²) >= 11 is 0. The molecule has 6 heteroatoms. The first-order valence-corrected chi connectivity index (χ1v) is 15.7. The molecule has 0 aromatic heterocycles. The average Bonchev–Trinajstić information content (AvgIpc) is 3.07. The number of fused-ring (bicyclic) bond motifs is 8. The van der Waals surface area contributed by atoms with E-state index in [0.717, 1.165) is 11.1 Å². The number of rotatable bonds is 2. The quantitative estimate of drug-likeness (QED) is 0.647. The Labute approximate surface area is 145 Å². The van der Waals surface area contributed by atoms with E-state index < -0.39 is 16.1 Å². The second-order valence-electron chi connectivity index (χ2n) is 9.41. The lowest BCUT2D eigenvalue weighted by atomic mass is 9.77. The van der Waals surface area contributed by atoms with Crippen LogP contribution in [0, 0.1) is 11.8 Å². The minimum atomic E-state index is -1.51. The summed E-state index contributed by atoms with van der Waals surface area (Å²) in [6, 6.07) is 4.65. The van der Waals surface area contributed by atoms with Crippen molar-refractivity contribution < 1.29 is 14.3 Å². The molecule has 1 aromatic rings. The van der Waals surface area contributed by atoms with Gasteiger partial charge in [-0.1, -0.05) is 61.8 Å².